The summed E-state index contributed by atoms with van der Waals surface area (Å²) in [5.41, 5.74) is 0.876. The van der Waals surface area contributed by atoms with Gasteiger partial charge in [0.25, 0.3) is 11.7 Å². The second-order valence-corrected chi connectivity index (χ2v) is 8.35. The number of hydrogen-bond donors (Lipinski definition) is 1. The van der Waals surface area contributed by atoms with Gasteiger partial charge in [0.05, 0.1) is 30.4 Å². The number of rotatable bonds is 5. The molecule has 2 fully saturated rings. The number of ketones is 1. The molecule has 6 nitrogen and oxygen atoms in total. The van der Waals surface area contributed by atoms with Gasteiger partial charge in [-0.15, -0.1) is 11.3 Å². The Kier molecular flexibility index (Phi) is 5.62. The van der Waals surface area contributed by atoms with Gasteiger partial charge in [-0.2, -0.15) is 0 Å². The van der Waals surface area contributed by atoms with Crippen LogP contribution in [0.15, 0.2) is 35.2 Å². The Bertz CT molecular complexity index is 1020. The largest absolute Gasteiger partial charge is 0.507 e. The third kappa shape index (κ3) is 3.50. The topological polar surface area (TPSA) is 76.1 Å². The van der Waals surface area contributed by atoms with Crippen molar-refractivity contribution in [1.29, 1.82) is 0 Å². The molecule has 0 radical (unpaired) electrons. The lowest BCUT2D eigenvalue weighted by Crippen LogP contribution is -2.36. The van der Waals surface area contributed by atoms with Gasteiger partial charge in [-0.25, -0.2) is 4.39 Å². The minimum atomic E-state index is -0.797. The van der Waals surface area contributed by atoms with Crippen molar-refractivity contribution in [2.24, 2.45) is 0 Å². The summed E-state index contributed by atoms with van der Waals surface area (Å²) in [6.07, 6.45) is 1.55. The zero-order chi connectivity index (χ0) is 21.4. The number of aliphatic hydroxyl groups is 1. The molecule has 30 heavy (non-hydrogen) atoms. The average Bonchev–Trinajstić information content (AvgIpc) is 3.45. The number of benzene rings is 1. The number of methoxy groups -OCH3 is 1. The number of amides is 1. The van der Waals surface area contributed by atoms with Crippen LogP contribution in [0.1, 0.15) is 34.9 Å². The van der Waals surface area contributed by atoms with E-state index < -0.39 is 29.3 Å². The molecule has 2 unspecified atom stereocenters. The molecular weight excluding hydrogens is 409 g/mol. The maximum absolute atomic E-state index is 13.9. The van der Waals surface area contributed by atoms with Crippen molar-refractivity contribution in [1.82, 2.24) is 4.90 Å². The van der Waals surface area contributed by atoms with Crippen LogP contribution in [0.2, 0.25) is 0 Å². The summed E-state index contributed by atoms with van der Waals surface area (Å²) in [5, 5.41) is 13.0. The van der Waals surface area contributed by atoms with E-state index in [1.165, 1.54) is 35.5 Å². The van der Waals surface area contributed by atoms with Crippen molar-refractivity contribution in [3.63, 3.8) is 0 Å². The fraction of sp³-hybridized carbons (Fsp3) is 0.364. The van der Waals surface area contributed by atoms with Gasteiger partial charge in [0, 0.05) is 18.0 Å². The van der Waals surface area contributed by atoms with Crippen molar-refractivity contribution in [2.75, 3.05) is 20.3 Å². The molecule has 2 aliphatic heterocycles. The van der Waals surface area contributed by atoms with Crippen LogP contribution in [-0.2, 0) is 14.3 Å². The van der Waals surface area contributed by atoms with Crippen LogP contribution in [0.5, 0.6) is 5.75 Å². The third-order valence-corrected chi connectivity index (χ3v) is 6.60. The summed E-state index contributed by atoms with van der Waals surface area (Å²) in [7, 11) is 1.39. The normalized spacial score (nSPS) is 23.4. The first-order valence-corrected chi connectivity index (χ1v) is 10.6. The van der Waals surface area contributed by atoms with Crippen LogP contribution >= 0.6 is 11.3 Å². The lowest BCUT2D eigenvalue weighted by molar-refractivity contribution is -0.140. The number of aliphatic hydroxyl groups excluding tert-OH is 1. The van der Waals surface area contributed by atoms with E-state index in [0.717, 1.165) is 29.3 Å². The molecule has 0 saturated carbocycles. The van der Waals surface area contributed by atoms with Crippen molar-refractivity contribution < 1.29 is 28.6 Å². The molecule has 8 heteroatoms. The molecule has 158 valence electrons. The van der Waals surface area contributed by atoms with Gasteiger partial charge < -0.3 is 19.5 Å². The number of thiophene rings is 1. The molecule has 2 saturated heterocycles. The molecule has 2 atom stereocenters. The summed E-state index contributed by atoms with van der Waals surface area (Å²) >= 11 is 1.40. The first-order valence-electron chi connectivity index (χ1n) is 9.70. The predicted molar refractivity (Wildman–Crippen MR) is 110 cm³/mol. The molecule has 1 aromatic carbocycles. The van der Waals surface area contributed by atoms with E-state index in [1.807, 2.05) is 18.4 Å². The summed E-state index contributed by atoms with van der Waals surface area (Å²) in [6, 6.07) is 4.81. The van der Waals surface area contributed by atoms with Crippen LogP contribution in [0, 0.1) is 12.7 Å². The Morgan fingerprint density at radius 3 is 2.80 bits per heavy atom. The van der Waals surface area contributed by atoms with E-state index in [2.05, 4.69) is 0 Å². The number of Topliss-reactive ketones (excluding diaryl/α,β-unsaturated/α-hetero) is 1. The van der Waals surface area contributed by atoms with Crippen LogP contribution in [0.25, 0.3) is 5.76 Å². The molecular formula is C22H22FNO5S. The average molecular weight is 431 g/mol. The Morgan fingerprint density at radius 1 is 1.37 bits per heavy atom. The monoisotopic (exact) mass is 431 g/mol. The Morgan fingerprint density at radius 2 is 2.17 bits per heavy atom. The van der Waals surface area contributed by atoms with Crippen LogP contribution in [0.4, 0.5) is 4.39 Å². The number of halogens is 1. The molecule has 1 aromatic heterocycles. The number of ether oxygens (including phenoxy) is 2. The van der Waals surface area contributed by atoms with Gasteiger partial charge in [0.15, 0.2) is 0 Å². The summed E-state index contributed by atoms with van der Waals surface area (Å²) in [6.45, 7) is 2.77. The maximum atomic E-state index is 13.9. The van der Waals surface area contributed by atoms with Gasteiger partial charge >= 0.3 is 0 Å². The summed E-state index contributed by atoms with van der Waals surface area (Å²) in [4.78, 5) is 28.2. The van der Waals surface area contributed by atoms with E-state index in [0.29, 0.717) is 6.61 Å². The molecule has 0 aliphatic carbocycles. The third-order valence-electron chi connectivity index (χ3n) is 5.53. The number of hydrogen-bond acceptors (Lipinski definition) is 6. The molecule has 2 aromatic rings. The quantitative estimate of drug-likeness (QED) is 0.443. The van der Waals surface area contributed by atoms with Crippen molar-refractivity contribution >= 4 is 28.8 Å². The Hall–Kier alpha value is -2.71. The second kappa shape index (κ2) is 8.20. The molecule has 3 heterocycles. The highest BCUT2D eigenvalue weighted by molar-refractivity contribution is 7.10. The van der Waals surface area contributed by atoms with Gasteiger partial charge in [0.2, 0.25) is 0 Å². The highest BCUT2D eigenvalue weighted by atomic mass is 32.1. The molecule has 0 bridgehead atoms. The minimum Gasteiger partial charge on any atom is -0.507 e. The van der Waals surface area contributed by atoms with E-state index >= 15 is 0 Å². The van der Waals surface area contributed by atoms with Gasteiger partial charge in [-0.05, 0) is 55.0 Å². The van der Waals surface area contributed by atoms with E-state index in [-0.39, 0.29) is 29.5 Å². The maximum Gasteiger partial charge on any atom is 0.295 e. The lowest BCUT2D eigenvalue weighted by Gasteiger charge is -2.27. The second-order valence-electron chi connectivity index (χ2n) is 7.40. The lowest BCUT2D eigenvalue weighted by atomic mass is 9.97. The standard InChI is InChI=1S/C22H22FNO5S/c1-12-7-9-30-21(12)18-17(19(25)15-10-13(23)5-6-16(15)28-2)20(26)22(27)24(18)11-14-4-3-8-29-14/h5-7,9-10,14,18,25H,3-4,8,11H2,1-2H3/b19-17+. The summed E-state index contributed by atoms with van der Waals surface area (Å²) in [5.74, 6) is -2.32. The van der Waals surface area contributed by atoms with Crippen LogP contribution in [-0.4, -0.2) is 48.1 Å². The first kappa shape index (κ1) is 20.6. The van der Waals surface area contributed by atoms with E-state index in [4.69, 9.17) is 9.47 Å². The van der Waals surface area contributed by atoms with Crippen LogP contribution < -0.4 is 4.74 Å². The molecule has 2 aliphatic rings. The number of carbonyl (C=O) groups is 2. The molecule has 1 N–H and O–H groups in total. The first-order chi connectivity index (χ1) is 14.4. The Balaban J connectivity index is 1.87. The number of carbonyl (C=O) groups excluding carboxylic acids is 2. The summed E-state index contributed by atoms with van der Waals surface area (Å²) < 4.78 is 24.8. The van der Waals surface area contributed by atoms with Crippen molar-refractivity contribution in [3.05, 3.63) is 57.0 Å². The zero-order valence-corrected chi connectivity index (χ0v) is 17.5. The van der Waals surface area contributed by atoms with E-state index in [9.17, 15) is 19.1 Å². The zero-order valence-electron chi connectivity index (χ0n) is 16.7. The highest BCUT2D eigenvalue weighted by Crippen LogP contribution is 2.44. The molecule has 4 rings (SSSR count). The van der Waals surface area contributed by atoms with Crippen molar-refractivity contribution in [3.8, 4) is 5.75 Å². The van der Waals surface area contributed by atoms with Crippen molar-refractivity contribution in [2.45, 2.75) is 31.9 Å². The number of nitrogens with zero attached hydrogens (tertiary/aromatic N) is 1. The minimum absolute atomic E-state index is 0.0341. The van der Waals surface area contributed by atoms with Gasteiger partial charge in [-0.1, -0.05) is 0 Å². The highest BCUT2D eigenvalue weighted by Gasteiger charge is 2.48. The predicted octanol–water partition coefficient (Wildman–Crippen LogP) is 3.80. The van der Waals surface area contributed by atoms with Gasteiger partial charge in [-0.3, -0.25) is 9.59 Å². The molecule has 1 amide bonds. The number of likely N-dealkylation sites (tertiary alicyclic amines) is 1. The fourth-order valence-corrected chi connectivity index (χ4v) is 5.07. The number of aryl methyl sites for hydroxylation is 1. The molecule has 0 spiro atoms. The van der Waals surface area contributed by atoms with E-state index in [1.54, 1.807) is 0 Å². The smallest absolute Gasteiger partial charge is 0.295 e. The SMILES string of the molecule is COc1ccc(F)cc1/C(O)=C1\C(=O)C(=O)N(CC2CCCO2)C1c1sccc1C. The van der Waals surface area contributed by atoms with Gasteiger partial charge in [0.1, 0.15) is 17.3 Å². The Labute approximate surface area is 177 Å². The van der Waals surface area contributed by atoms with Crippen LogP contribution in [0.3, 0.4) is 0 Å². The fourth-order valence-electron chi connectivity index (χ4n) is 4.02.